The second-order valence-corrected chi connectivity index (χ2v) is 9.85. The molecule has 7 heteroatoms. The van der Waals surface area contributed by atoms with Gasteiger partial charge < -0.3 is 10.1 Å². The number of ether oxygens (including phenoxy) is 1. The second kappa shape index (κ2) is 7.82. The standard InChI is InChI=1S/C19H29N3O3S/c23-26(24,12-2-4-15-3-1-9-21-15)22-16-5-6-17(22)14-19(13-16)25-18-7-10-20-11-8-18/h7-8,10-11,15-17,19,21H,1-6,9,12-14H2/t15-,16?,17?,19?/m0/s1. The van der Waals surface area contributed by atoms with Gasteiger partial charge in [-0.1, -0.05) is 0 Å². The van der Waals surface area contributed by atoms with Crippen LogP contribution in [0.25, 0.3) is 0 Å². The van der Waals surface area contributed by atoms with Crippen LogP contribution in [0.1, 0.15) is 51.4 Å². The molecule has 0 amide bonds. The maximum Gasteiger partial charge on any atom is 0.214 e. The number of sulfonamides is 1. The highest BCUT2D eigenvalue weighted by Crippen LogP contribution is 2.39. The first-order valence-electron chi connectivity index (χ1n) is 9.93. The Hall–Kier alpha value is -1.18. The van der Waals surface area contributed by atoms with Crippen LogP contribution in [0.5, 0.6) is 5.75 Å². The molecule has 0 saturated carbocycles. The Morgan fingerprint density at radius 1 is 1.15 bits per heavy atom. The van der Waals surface area contributed by atoms with Crippen LogP contribution in [0.15, 0.2) is 24.5 Å². The van der Waals surface area contributed by atoms with E-state index in [1.54, 1.807) is 12.4 Å². The largest absolute Gasteiger partial charge is 0.490 e. The Kier molecular flexibility index (Phi) is 5.47. The number of piperidine rings is 1. The molecule has 4 heterocycles. The van der Waals surface area contributed by atoms with E-state index in [0.717, 1.165) is 50.8 Å². The Morgan fingerprint density at radius 2 is 1.88 bits per heavy atom. The predicted molar refractivity (Wildman–Crippen MR) is 101 cm³/mol. The molecule has 144 valence electrons. The van der Waals surface area contributed by atoms with E-state index in [0.29, 0.717) is 6.04 Å². The molecule has 3 atom stereocenters. The fraction of sp³-hybridized carbons (Fsp3) is 0.737. The van der Waals surface area contributed by atoms with Gasteiger partial charge in [0.1, 0.15) is 11.9 Å². The van der Waals surface area contributed by atoms with Gasteiger partial charge in [0.25, 0.3) is 0 Å². The molecule has 1 aromatic heterocycles. The summed E-state index contributed by atoms with van der Waals surface area (Å²) >= 11 is 0. The third kappa shape index (κ3) is 4.05. The summed E-state index contributed by atoms with van der Waals surface area (Å²) in [6.45, 7) is 1.08. The topological polar surface area (TPSA) is 71.5 Å². The van der Waals surface area contributed by atoms with Crippen molar-refractivity contribution in [1.29, 1.82) is 0 Å². The average molecular weight is 380 g/mol. The highest BCUT2D eigenvalue weighted by molar-refractivity contribution is 7.89. The minimum atomic E-state index is -3.17. The quantitative estimate of drug-likeness (QED) is 0.787. The van der Waals surface area contributed by atoms with E-state index in [4.69, 9.17) is 4.74 Å². The first kappa shape index (κ1) is 18.2. The third-order valence-corrected chi connectivity index (χ3v) is 8.06. The van der Waals surface area contributed by atoms with Crippen LogP contribution < -0.4 is 10.1 Å². The van der Waals surface area contributed by atoms with Gasteiger partial charge in [-0.3, -0.25) is 4.98 Å². The second-order valence-electron chi connectivity index (χ2n) is 7.86. The van der Waals surface area contributed by atoms with Crippen molar-refractivity contribution in [2.24, 2.45) is 0 Å². The Bertz CT molecular complexity index is 677. The zero-order chi connectivity index (χ0) is 18.0. The summed E-state index contributed by atoms with van der Waals surface area (Å²) in [6, 6.07) is 4.45. The molecule has 4 rings (SSSR count). The molecule has 26 heavy (non-hydrogen) atoms. The summed E-state index contributed by atoms with van der Waals surface area (Å²) in [5.74, 6) is 1.11. The van der Waals surface area contributed by atoms with E-state index in [2.05, 4.69) is 10.3 Å². The fourth-order valence-electron chi connectivity index (χ4n) is 4.86. The fourth-order valence-corrected chi connectivity index (χ4v) is 6.90. The van der Waals surface area contributed by atoms with Crippen LogP contribution in [0.3, 0.4) is 0 Å². The highest BCUT2D eigenvalue weighted by atomic mass is 32.2. The molecule has 0 aliphatic carbocycles. The van der Waals surface area contributed by atoms with Crippen molar-refractivity contribution in [3.8, 4) is 5.75 Å². The van der Waals surface area contributed by atoms with Gasteiger partial charge in [0.15, 0.2) is 0 Å². The number of hydrogen-bond acceptors (Lipinski definition) is 5. The molecule has 6 nitrogen and oxygen atoms in total. The number of aromatic nitrogens is 1. The summed E-state index contributed by atoms with van der Waals surface area (Å²) < 4.78 is 33.8. The Labute approximate surface area is 156 Å². The van der Waals surface area contributed by atoms with Crippen LogP contribution in [-0.2, 0) is 10.0 Å². The zero-order valence-electron chi connectivity index (χ0n) is 15.2. The predicted octanol–water partition coefficient (Wildman–Crippen LogP) is 2.32. The Morgan fingerprint density at radius 3 is 2.54 bits per heavy atom. The molecule has 1 N–H and O–H groups in total. The lowest BCUT2D eigenvalue weighted by Crippen LogP contribution is -2.49. The van der Waals surface area contributed by atoms with E-state index in [-0.39, 0.29) is 23.9 Å². The number of rotatable bonds is 7. The summed E-state index contributed by atoms with van der Waals surface area (Å²) in [4.78, 5) is 4.01. The Balaban J connectivity index is 1.33. The maximum absolute atomic E-state index is 12.9. The molecular weight excluding hydrogens is 350 g/mol. The van der Waals surface area contributed by atoms with E-state index in [9.17, 15) is 8.42 Å². The lowest BCUT2D eigenvalue weighted by molar-refractivity contribution is 0.0956. The van der Waals surface area contributed by atoms with Crippen LogP contribution in [0, 0.1) is 0 Å². The maximum atomic E-state index is 12.9. The number of pyridine rings is 1. The SMILES string of the molecule is O=S(=O)(CCC[C@@H]1CCCN1)N1C2CCC1CC(Oc1ccncc1)C2. The number of nitrogens with one attached hydrogen (secondary N) is 1. The minimum Gasteiger partial charge on any atom is -0.490 e. The molecule has 3 aliphatic heterocycles. The highest BCUT2D eigenvalue weighted by Gasteiger charge is 2.47. The molecule has 3 aliphatic rings. The normalized spacial score (nSPS) is 32.0. The summed E-state index contributed by atoms with van der Waals surface area (Å²) in [5, 5.41) is 3.45. The van der Waals surface area contributed by atoms with Crippen molar-refractivity contribution in [2.45, 2.75) is 75.6 Å². The first-order valence-corrected chi connectivity index (χ1v) is 11.5. The van der Waals surface area contributed by atoms with E-state index < -0.39 is 10.0 Å². The number of fused-ring (bicyclic) bond motifs is 2. The molecule has 0 aromatic carbocycles. The van der Waals surface area contributed by atoms with Crippen LogP contribution in [0.2, 0.25) is 0 Å². The molecule has 0 radical (unpaired) electrons. The monoisotopic (exact) mass is 379 g/mol. The van der Waals surface area contributed by atoms with Crippen molar-refractivity contribution in [1.82, 2.24) is 14.6 Å². The van der Waals surface area contributed by atoms with Gasteiger partial charge in [0, 0.05) is 43.4 Å². The van der Waals surface area contributed by atoms with E-state index in [1.807, 2.05) is 16.4 Å². The van der Waals surface area contributed by atoms with Crippen LogP contribution >= 0.6 is 0 Å². The van der Waals surface area contributed by atoms with Gasteiger partial charge in [-0.15, -0.1) is 0 Å². The molecule has 1 aromatic rings. The lowest BCUT2D eigenvalue weighted by Gasteiger charge is -2.38. The summed E-state index contributed by atoms with van der Waals surface area (Å²) in [5.41, 5.74) is 0. The van der Waals surface area contributed by atoms with Gasteiger partial charge in [0.2, 0.25) is 10.0 Å². The van der Waals surface area contributed by atoms with Crippen molar-refractivity contribution >= 4 is 10.0 Å². The number of nitrogens with zero attached hydrogens (tertiary/aromatic N) is 2. The van der Waals surface area contributed by atoms with Gasteiger partial charge in [-0.05, 0) is 57.2 Å². The third-order valence-electron chi connectivity index (χ3n) is 6.01. The minimum absolute atomic E-state index is 0.101. The smallest absolute Gasteiger partial charge is 0.214 e. The van der Waals surface area contributed by atoms with E-state index >= 15 is 0 Å². The molecule has 2 bridgehead atoms. The molecular formula is C19H29N3O3S. The lowest BCUT2D eigenvalue weighted by atomic mass is 10.0. The number of hydrogen-bond donors (Lipinski definition) is 1. The average Bonchev–Trinajstić information content (AvgIpc) is 3.23. The first-order chi connectivity index (χ1) is 12.6. The zero-order valence-corrected chi connectivity index (χ0v) is 16.0. The summed E-state index contributed by atoms with van der Waals surface area (Å²) in [6.07, 6.45) is 11.2. The van der Waals surface area contributed by atoms with Crippen LogP contribution in [0.4, 0.5) is 0 Å². The van der Waals surface area contributed by atoms with Gasteiger partial charge >= 0.3 is 0 Å². The molecule has 3 saturated heterocycles. The summed E-state index contributed by atoms with van der Waals surface area (Å²) in [7, 11) is -3.17. The van der Waals surface area contributed by atoms with Gasteiger partial charge in [-0.2, -0.15) is 4.31 Å². The van der Waals surface area contributed by atoms with Crippen molar-refractivity contribution in [3.05, 3.63) is 24.5 Å². The molecule has 0 spiro atoms. The van der Waals surface area contributed by atoms with E-state index in [1.165, 1.54) is 12.8 Å². The van der Waals surface area contributed by atoms with Crippen molar-refractivity contribution in [2.75, 3.05) is 12.3 Å². The van der Waals surface area contributed by atoms with Gasteiger partial charge in [-0.25, -0.2) is 8.42 Å². The van der Waals surface area contributed by atoms with Gasteiger partial charge in [0.05, 0.1) is 5.75 Å². The molecule has 3 fully saturated rings. The van der Waals surface area contributed by atoms with Crippen molar-refractivity contribution in [3.63, 3.8) is 0 Å². The van der Waals surface area contributed by atoms with Crippen LogP contribution in [-0.4, -0.2) is 54.2 Å². The van der Waals surface area contributed by atoms with Crippen molar-refractivity contribution < 1.29 is 13.2 Å². The molecule has 2 unspecified atom stereocenters.